The van der Waals surface area contributed by atoms with E-state index in [1.807, 2.05) is 12.4 Å². The number of rotatable bonds is 2. The SMILES string of the molecule is CN(C)[C@@H]1CCC2CC3CCC4(C)C(c5ccc6ccncc6c5)CC[C@H]4[C@@]34CC[C@]2(C1)O4. The van der Waals surface area contributed by atoms with Gasteiger partial charge in [-0.05, 0) is 130 Å². The molecule has 2 aliphatic heterocycles. The number of benzene rings is 1. The highest BCUT2D eigenvalue weighted by Gasteiger charge is 2.70. The highest BCUT2D eigenvalue weighted by molar-refractivity contribution is 5.82. The summed E-state index contributed by atoms with van der Waals surface area (Å²) in [6, 6.07) is 10.0. The van der Waals surface area contributed by atoms with Gasteiger partial charge in [0.25, 0.3) is 0 Å². The standard InChI is InChI=1S/C30H40N2O/c1-28-12-10-24-17-23-6-7-25(32(2)3)18-29(23)13-14-30(24,33-29)27(28)9-8-26(28)21-5-4-20-11-15-31-19-22(20)16-21/h4-5,11,15-16,19,23-27H,6-10,12-14,17-18H2,1-3H3/t23?,24?,25-,26?,27-,28?,29-,30-/m1/s1. The van der Waals surface area contributed by atoms with Gasteiger partial charge in [-0.25, -0.2) is 0 Å². The minimum absolute atomic E-state index is 0.158. The minimum Gasteiger partial charge on any atom is -0.368 e. The van der Waals surface area contributed by atoms with Gasteiger partial charge in [0, 0.05) is 23.8 Å². The number of nitrogens with zero attached hydrogens (tertiary/aromatic N) is 2. The lowest BCUT2D eigenvalue weighted by Crippen LogP contribution is -2.62. The quantitative estimate of drug-likeness (QED) is 0.524. The highest BCUT2D eigenvalue weighted by Crippen LogP contribution is 2.72. The molecule has 8 atom stereocenters. The second-order valence-electron chi connectivity index (χ2n) is 12.9. The van der Waals surface area contributed by atoms with Crippen LogP contribution < -0.4 is 0 Å². The van der Waals surface area contributed by atoms with Gasteiger partial charge in [-0.1, -0.05) is 19.1 Å². The second kappa shape index (κ2) is 7.04. The largest absolute Gasteiger partial charge is 0.368 e. The molecule has 5 aliphatic rings. The molecular weight excluding hydrogens is 404 g/mol. The summed E-state index contributed by atoms with van der Waals surface area (Å²) < 4.78 is 7.56. The molecule has 176 valence electrons. The topological polar surface area (TPSA) is 25.4 Å². The number of ether oxygens (including phenoxy) is 1. The van der Waals surface area contributed by atoms with Crippen molar-refractivity contribution in [1.29, 1.82) is 0 Å². The maximum Gasteiger partial charge on any atom is 0.0752 e. The van der Waals surface area contributed by atoms with Crippen molar-refractivity contribution in [3.8, 4) is 0 Å². The van der Waals surface area contributed by atoms with Crippen LogP contribution in [0, 0.1) is 23.2 Å². The van der Waals surface area contributed by atoms with Gasteiger partial charge in [-0.2, -0.15) is 0 Å². The van der Waals surface area contributed by atoms with E-state index in [0.29, 0.717) is 17.4 Å². The lowest BCUT2D eigenvalue weighted by Gasteiger charge is -2.61. The molecule has 2 aromatic rings. The smallest absolute Gasteiger partial charge is 0.0752 e. The zero-order chi connectivity index (χ0) is 22.4. The average molecular weight is 445 g/mol. The van der Waals surface area contributed by atoms with Gasteiger partial charge in [-0.15, -0.1) is 0 Å². The van der Waals surface area contributed by atoms with Crippen LogP contribution in [0.15, 0.2) is 36.7 Å². The summed E-state index contributed by atoms with van der Waals surface area (Å²) in [5, 5.41) is 2.60. The minimum atomic E-state index is 0.158. The molecule has 3 heterocycles. The first-order chi connectivity index (χ1) is 15.9. The Hall–Kier alpha value is -1.45. The van der Waals surface area contributed by atoms with Gasteiger partial charge in [0.05, 0.1) is 11.2 Å². The highest BCUT2D eigenvalue weighted by atomic mass is 16.5. The van der Waals surface area contributed by atoms with E-state index in [1.54, 1.807) is 5.56 Å². The van der Waals surface area contributed by atoms with E-state index in [0.717, 1.165) is 17.8 Å². The summed E-state index contributed by atoms with van der Waals surface area (Å²) in [4.78, 5) is 6.86. The van der Waals surface area contributed by atoms with Gasteiger partial charge < -0.3 is 9.64 Å². The molecule has 2 spiro atoms. The van der Waals surface area contributed by atoms with E-state index in [-0.39, 0.29) is 11.2 Å². The normalized spacial score (nSPS) is 46.2. The van der Waals surface area contributed by atoms with E-state index in [1.165, 1.54) is 75.0 Å². The van der Waals surface area contributed by atoms with Crippen LogP contribution in [0.2, 0.25) is 0 Å². The fraction of sp³-hybridized carbons (Fsp3) is 0.700. The van der Waals surface area contributed by atoms with Crippen LogP contribution in [0.1, 0.15) is 82.6 Å². The third-order valence-corrected chi connectivity index (χ3v) is 11.5. The van der Waals surface area contributed by atoms with Crippen LogP contribution in [-0.2, 0) is 4.74 Å². The maximum atomic E-state index is 7.56. The molecule has 3 saturated carbocycles. The van der Waals surface area contributed by atoms with Crippen molar-refractivity contribution < 1.29 is 4.74 Å². The van der Waals surface area contributed by atoms with Crippen molar-refractivity contribution in [2.75, 3.05) is 14.1 Å². The fourth-order valence-electron chi connectivity index (χ4n) is 9.88. The Morgan fingerprint density at radius 2 is 1.85 bits per heavy atom. The van der Waals surface area contributed by atoms with E-state index < -0.39 is 0 Å². The summed E-state index contributed by atoms with van der Waals surface area (Å²) in [6.07, 6.45) is 17.5. The molecule has 2 bridgehead atoms. The van der Waals surface area contributed by atoms with Crippen LogP contribution in [0.25, 0.3) is 10.8 Å². The summed E-state index contributed by atoms with van der Waals surface area (Å²) in [5.41, 5.74) is 2.24. The lowest BCUT2D eigenvalue weighted by atomic mass is 9.53. The van der Waals surface area contributed by atoms with Crippen molar-refractivity contribution >= 4 is 10.8 Å². The Morgan fingerprint density at radius 1 is 0.939 bits per heavy atom. The van der Waals surface area contributed by atoms with Crippen LogP contribution in [-0.4, -0.2) is 41.2 Å². The Balaban J connectivity index is 1.23. The van der Waals surface area contributed by atoms with Crippen LogP contribution >= 0.6 is 0 Å². The van der Waals surface area contributed by atoms with Gasteiger partial charge in [-0.3, -0.25) is 4.98 Å². The molecule has 0 amide bonds. The van der Waals surface area contributed by atoms with E-state index in [9.17, 15) is 0 Å². The molecular formula is C30H40N2O. The number of aromatic nitrogens is 1. The third kappa shape index (κ3) is 2.79. The number of fused-ring (bicyclic) bond motifs is 2. The molecule has 2 saturated heterocycles. The summed E-state index contributed by atoms with van der Waals surface area (Å²) in [7, 11) is 4.55. The predicted molar refractivity (Wildman–Crippen MR) is 133 cm³/mol. The van der Waals surface area contributed by atoms with E-state index >= 15 is 0 Å². The van der Waals surface area contributed by atoms with Gasteiger partial charge in [0.15, 0.2) is 0 Å². The zero-order valence-corrected chi connectivity index (χ0v) is 20.7. The Labute approximate surface area is 199 Å². The predicted octanol–water partition coefficient (Wildman–Crippen LogP) is 6.57. The second-order valence-corrected chi connectivity index (χ2v) is 12.9. The number of pyridine rings is 1. The Kier molecular flexibility index (Phi) is 4.46. The Morgan fingerprint density at radius 3 is 2.73 bits per heavy atom. The van der Waals surface area contributed by atoms with E-state index in [2.05, 4.69) is 55.2 Å². The molecule has 4 unspecified atom stereocenters. The van der Waals surface area contributed by atoms with Crippen molar-refractivity contribution in [2.24, 2.45) is 23.2 Å². The molecule has 5 fully saturated rings. The van der Waals surface area contributed by atoms with Crippen LogP contribution in [0.4, 0.5) is 0 Å². The molecule has 1 aromatic carbocycles. The first-order valence-corrected chi connectivity index (χ1v) is 13.6. The third-order valence-electron chi connectivity index (χ3n) is 11.5. The number of hydrogen-bond acceptors (Lipinski definition) is 3. The molecule has 3 heteroatoms. The first-order valence-electron chi connectivity index (χ1n) is 13.6. The Bertz CT molecular complexity index is 1080. The van der Waals surface area contributed by atoms with Crippen molar-refractivity contribution in [2.45, 2.75) is 94.3 Å². The zero-order valence-electron chi connectivity index (χ0n) is 20.7. The molecule has 3 nitrogen and oxygen atoms in total. The van der Waals surface area contributed by atoms with Crippen molar-refractivity contribution in [1.82, 2.24) is 9.88 Å². The summed E-state index contributed by atoms with van der Waals surface area (Å²) in [5.74, 6) is 2.98. The molecule has 0 radical (unpaired) electrons. The molecule has 1 aromatic heterocycles. The maximum absolute atomic E-state index is 7.56. The summed E-state index contributed by atoms with van der Waals surface area (Å²) in [6.45, 7) is 2.64. The summed E-state index contributed by atoms with van der Waals surface area (Å²) >= 11 is 0. The fourth-order valence-corrected chi connectivity index (χ4v) is 9.88. The van der Waals surface area contributed by atoms with Crippen LogP contribution in [0.5, 0.6) is 0 Å². The molecule has 33 heavy (non-hydrogen) atoms. The van der Waals surface area contributed by atoms with Gasteiger partial charge in [0.2, 0.25) is 0 Å². The van der Waals surface area contributed by atoms with Gasteiger partial charge >= 0.3 is 0 Å². The van der Waals surface area contributed by atoms with Gasteiger partial charge in [0.1, 0.15) is 0 Å². The molecule has 0 N–H and O–H groups in total. The van der Waals surface area contributed by atoms with E-state index in [4.69, 9.17) is 4.74 Å². The van der Waals surface area contributed by atoms with Crippen molar-refractivity contribution in [3.05, 3.63) is 42.2 Å². The van der Waals surface area contributed by atoms with Crippen LogP contribution in [0.3, 0.4) is 0 Å². The number of hydrogen-bond donors (Lipinski definition) is 0. The van der Waals surface area contributed by atoms with Crippen molar-refractivity contribution in [3.63, 3.8) is 0 Å². The monoisotopic (exact) mass is 444 g/mol. The lowest BCUT2D eigenvalue weighted by molar-refractivity contribution is -0.260. The molecule has 7 rings (SSSR count). The molecule has 3 aliphatic carbocycles. The first kappa shape index (κ1) is 20.9. The average Bonchev–Trinajstić information content (AvgIpc) is 3.33.